The average Bonchev–Trinajstić information content (AvgIpc) is 3.21. The first kappa shape index (κ1) is 22.6. The fourth-order valence-corrected chi connectivity index (χ4v) is 4.15. The fraction of sp³-hybridized carbons (Fsp3) is 0.333. The van der Waals surface area contributed by atoms with E-state index >= 15 is 0 Å². The van der Waals surface area contributed by atoms with Gasteiger partial charge in [0.1, 0.15) is 16.3 Å². The van der Waals surface area contributed by atoms with Crippen LogP contribution in [-0.2, 0) is 6.42 Å². The Bertz CT molecular complexity index is 1070. The second kappa shape index (κ2) is 9.83. The third kappa shape index (κ3) is 5.17. The molecule has 0 aliphatic heterocycles. The first-order chi connectivity index (χ1) is 14.8. The zero-order valence-corrected chi connectivity index (χ0v) is 19.0. The number of nitrogens with zero attached hydrogens (tertiary/aromatic N) is 1. The maximum absolute atomic E-state index is 11.7. The molecule has 164 valence electrons. The summed E-state index contributed by atoms with van der Waals surface area (Å²) in [7, 11) is 0. The molecule has 2 N–H and O–H groups in total. The van der Waals surface area contributed by atoms with Crippen molar-refractivity contribution in [1.29, 1.82) is 0 Å². The van der Waals surface area contributed by atoms with E-state index in [9.17, 15) is 15.0 Å². The number of hydrogen-bond acceptors (Lipinski definition) is 6. The van der Waals surface area contributed by atoms with Crippen LogP contribution < -0.4 is 9.47 Å². The van der Waals surface area contributed by atoms with Gasteiger partial charge in [-0.2, -0.15) is 0 Å². The Balaban J connectivity index is 2.01. The number of carboxylic acids is 1. The standard InChI is InChI=1S/C24H27NO5S/c1-5-29-20-8-7-15(12-21(20)30-6-2)23-25-19(13-31-23)16-10-17(9-14(3)4)22(26)18(11-16)24(27)28/h7-8,10-14,26H,5-6,9H2,1-4H3,(H,27,28). The number of phenols is 1. The largest absolute Gasteiger partial charge is 0.507 e. The second-order valence-electron chi connectivity index (χ2n) is 7.50. The van der Waals surface area contributed by atoms with Crippen molar-refractivity contribution in [3.63, 3.8) is 0 Å². The quantitative estimate of drug-likeness (QED) is 0.431. The lowest BCUT2D eigenvalue weighted by Crippen LogP contribution is -2.03. The lowest BCUT2D eigenvalue weighted by atomic mass is 9.96. The fourth-order valence-electron chi connectivity index (χ4n) is 3.32. The zero-order chi connectivity index (χ0) is 22.5. The van der Waals surface area contributed by atoms with Crippen LogP contribution in [0, 0.1) is 5.92 Å². The Hall–Kier alpha value is -3.06. The molecule has 0 saturated heterocycles. The van der Waals surface area contributed by atoms with E-state index in [0.717, 1.165) is 10.6 Å². The van der Waals surface area contributed by atoms with E-state index in [2.05, 4.69) is 0 Å². The van der Waals surface area contributed by atoms with E-state index in [-0.39, 0.29) is 17.2 Å². The van der Waals surface area contributed by atoms with Gasteiger partial charge in [-0.15, -0.1) is 11.3 Å². The molecule has 0 aliphatic carbocycles. The third-order valence-corrected chi connectivity index (χ3v) is 5.53. The number of carboxylic acid groups (broad SMARTS) is 1. The van der Waals surface area contributed by atoms with Crippen LogP contribution in [0.2, 0.25) is 0 Å². The predicted molar refractivity (Wildman–Crippen MR) is 122 cm³/mol. The first-order valence-corrected chi connectivity index (χ1v) is 11.2. The highest BCUT2D eigenvalue weighted by Crippen LogP contribution is 2.37. The average molecular weight is 442 g/mol. The molecule has 0 saturated carbocycles. The van der Waals surface area contributed by atoms with Gasteiger partial charge in [0.05, 0.1) is 18.9 Å². The van der Waals surface area contributed by atoms with E-state index in [0.29, 0.717) is 48.0 Å². The number of aromatic nitrogens is 1. The van der Waals surface area contributed by atoms with Crippen molar-refractivity contribution >= 4 is 17.3 Å². The lowest BCUT2D eigenvalue weighted by Gasteiger charge is -2.12. The van der Waals surface area contributed by atoms with Crippen molar-refractivity contribution in [2.24, 2.45) is 5.92 Å². The highest BCUT2D eigenvalue weighted by atomic mass is 32.1. The van der Waals surface area contributed by atoms with Crippen LogP contribution in [0.25, 0.3) is 21.8 Å². The minimum absolute atomic E-state index is 0.109. The molecule has 0 aliphatic rings. The summed E-state index contributed by atoms with van der Waals surface area (Å²) < 4.78 is 11.3. The summed E-state index contributed by atoms with van der Waals surface area (Å²) in [6, 6.07) is 9.00. The molecule has 1 aromatic heterocycles. The Morgan fingerprint density at radius 2 is 1.77 bits per heavy atom. The highest BCUT2D eigenvalue weighted by molar-refractivity contribution is 7.13. The minimum Gasteiger partial charge on any atom is -0.507 e. The van der Waals surface area contributed by atoms with Crippen molar-refractivity contribution in [2.75, 3.05) is 13.2 Å². The Morgan fingerprint density at radius 1 is 1.06 bits per heavy atom. The number of aromatic carboxylic acids is 1. The summed E-state index contributed by atoms with van der Waals surface area (Å²) in [6.07, 6.45) is 0.577. The molecular weight excluding hydrogens is 414 g/mol. The summed E-state index contributed by atoms with van der Waals surface area (Å²) in [6.45, 7) is 8.96. The van der Waals surface area contributed by atoms with Crippen LogP contribution in [-0.4, -0.2) is 34.4 Å². The Kier molecular flexibility index (Phi) is 7.17. The summed E-state index contributed by atoms with van der Waals surface area (Å²) in [5.41, 5.74) is 2.73. The number of ether oxygens (including phenoxy) is 2. The van der Waals surface area contributed by atoms with Gasteiger partial charge in [0, 0.05) is 16.5 Å². The smallest absolute Gasteiger partial charge is 0.339 e. The highest BCUT2D eigenvalue weighted by Gasteiger charge is 2.19. The molecule has 3 rings (SSSR count). The third-order valence-electron chi connectivity index (χ3n) is 4.64. The van der Waals surface area contributed by atoms with Gasteiger partial charge in [0.2, 0.25) is 0 Å². The van der Waals surface area contributed by atoms with Crippen LogP contribution in [0.4, 0.5) is 0 Å². The summed E-state index contributed by atoms with van der Waals surface area (Å²) in [4.78, 5) is 16.4. The van der Waals surface area contributed by atoms with Gasteiger partial charge in [-0.05, 0) is 62.1 Å². The molecule has 6 nitrogen and oxygen atoms in total. The molecule has 0 spiro atoms. The van der Waals surface area contributed by atoms with Gasteiger partial charge in [0.25, 0.3) is 0 Å². The lowest BCUT2D eigenvalue weighted by molar-refractivity contribution is 0.0693. The molecule has 31 heavy (non-hydrogen) atoms. The van der Waals surface area contributed by atoms with Crippen molar-refractivity contribution in [3.8, 4) is 39.1 Å². The van der Waals surface area contributed by atoms with Crippen LogP contribution >= 0.6 is 11.3 Å². The van der Waals surface area contributed by atoms with Gasteiger partial charge in [-0.25, -0.2) is 9.78 Å². The molecule has 0 atom stereocenters. The van der Waals surface area contributed by atoms with E-state index < -0.39 is 5.97 Å². The SMILES string of the molecule is CCOc1ccc(-c2nc(-c3cc(CC(C)C)c(O)c(C(=O)O)c3)cs2)cc1OCC. The van der Waals surface area contributed by atoms with Crippen LogP contribution in [0.5, 0.6) is 17.2 Å². The van der Waals surface area contributed by atoms with E-state index in [1.54, 1.807) is 0 Å². The Labute approximate surface area is 186 Å². The van der Waals surface area contributed by atoms with E-state index in [4.69, 9.17) is 14.5 Å². The molecular formula is C24H27NO5S. The molecule has 2 aromatic carbocycles. The number of thiazole rings is 1. The number of aromatic hydroxyl groups is 1. The summed E-state index contributed by atoms with van der Waals surface area (Å²) in [5, 5.41) is 22.6. The van der Waals surface area contributed by atoms with Gasteiger partial charge >= 0.3 is 5.97 Å². The number of hydrogen-bond donors (Lipinski definition) is 2. The number of carbonyl (C=O) groups is 1. The second-order valence-corrected chi connectivity index (χ2v) is 8.36. The van der Waals surface area contributed by atoms with Crippen molar-refractivity contribution in [3.05, 3.63) is 46.8 Å². The first-order valence-electron chi connectivity index (χ1n) is 10.3. The van der Waals surface area contributed by atoms with E-state index in [1.807, 2.05) is 57.3 Å². The molecule has 0 unspecified atom stereocenters. The number of rotatable bonds is 9. The molecule has 0 radical (unpaired) electrons. The molecule has 0 fully saturated rings. The molecule has 3 aromatic rings. The maximum Gasteiger partial charge on any atom is 0.339 e. The maximum atomic E-state index is 11.7. The Morgan fingerprint density at radius 3 is 2.42 bits per heavy atom. The minimum atomic E-state index is -1.16. The van der Waals surface area contributed by atoms with Crippen LogP contribution in [0.3, 0.4) is 0 Å². The summed E-state index contributed by atoms with van der Waals surface area (Å²) in [5.74, 6) is 0.291. The van der Waals surface area contributed by atoms with Crippen molar-refractivity contribution < 1.29 is 24.5 Å². The van der Waals surface area contributed by atoms with Gasteiger partial charge in [-0.1, -0.05) is 13.8 Å². The van der Waals surface area contributed by atoms with Gasteiger partial charge in [0.15, 0.2) is 11.5 Å². The van der Waals surface area contributed by atoms with Gasteiger partial charge in [-0.3, -0.25) is 0 Å². The van der Waals surface area contributed by atoms with Crippen LogP contribution in [0.1, 0.15) is 43.6 Å². The number of benzene rings is 2. The van der Waals surface area contributed by atoms with Gasteiger partial charge < -0.3 is 19.7 Å². The predicted octanol–water partition coefficient (Wildman–Crippen LogP) is 5.88. The monoisotopic (exact) mass is 441 g/mol. The molecule has 0 amide bonds. The topological polar surface area (TPSA) is 88.9 Å². The van der Waals surface area contributed by atoms with Crippen LogP contribution in [0.15, 0.2) is 35.7 Å². The molecule has 1 heterocycles. The van der Waals surface area contributed by atoms with Crippen molar-refractivity contribution in [1.82, 2.24) is 4.98 Å². The normalized spacial score (nSPS) is 11.0. The van der Waals surface area contributed by atoms with Crippen molar-refractivity contribution in [2.45, 2.75) is 34.1 Å². The van der Waals surface area contributed by atoms with E-state index in [1.165, 1.54) is 17.4 Å². The zero-order valence-electron chi connectivity index (χ0n) is 18.1. The molecule has 0 bridgehead atoms. The summed E-state index contributed by atoms with van der Waals surface area (Å²) >= 11 is 1.46. The molecule has 7 heteroatoms.